The SMILES string of the molecule is CN(c1ccccc1)c1ccccc1NC(=O)c1ccc2c(c1)C(=O)N(CC1CCCO1)C2=O. The third kappa shape index (κ3) is 4.06. The molecule has 1 unspecified atom stereocenters. The van der Waals surface area contributed by atoms with E-state index in [-0.39, 0.29) is 35.9 Å². The number of nitrogens with zero attached hydrogens (tertiary/aromatic N) is 2. The summed E-state index contributed by atoms with van der Waals surface area (Å²) in [6.07, 6.45) is 1.64. The van der Waals surface area contributed by atoms with Gasteiger partial charge >= 0.3 is 0 Å². The summed E-state index contributed by atoms with van der Waals surface area (Å²) in [5.41, 5.74) is 3.35. The van der Waals surface area contributed by atoms with Gasteiger partial charge in [0, 0.05) is 24.9 Å². The predicted molar refractivity (Wildman–Crippen MR) is 130 cm³/mol. The number of para-hydroxylation sites is 3. The maximum absolute atomic E-state index is 13.1. The van der Waals surface area contributed by atoms with Gasteiger partial charge in [-0.1, -0.05) is 30.3 Å². The zero-order chi connectivity index (χ0) is 23.7. The Labute approximate surface area is 197 Å². The van der Waals surface area contributed by atoms with Crippen molar-refractivity contribution in [3.05, 3.63) is 89.5 Å². The van der Waals surface area contributed by atoms with E-state index in [9.17, 15) is 14.4 Å². The van der Waals surface area contributed by atoms with Crippen LogP contribution in [-0.4, -0.2) is 48.9 Å². The van der Waals surface area contributed by atoms with Gasteiger partial charge in [-0.15, -0.1) is 0 Å². The van der Waals surface area contributed by atoms with Crippen molar-refractivity contribution in [2.24, 2.45) is 0 Å². The highest BCUT2D eigenvalue weighted by Gasteiger charge is 2.38. The molecule has 172 valence electrons. The number of nitrogens with one attached hydrogen (secondary N) is 1. The van der Waals surface area contributed by atoms with E-state index >= 15 is 0 Å². The molecule has 1 fully saturated rings. The number of amides is 3. The van der Waals surface area contributed by atoms with Gasteiger partial charge in [0.1, 0.15) is 0 Å². The number of fused-ring (bicyclic) bond motifs is 1. The molecule has 1 N–H and O–H groups in total. The van der Waals surface area contributed by atoms with Gasteiger partial charge < -0.3 is 15.0 Å². The average molecular weight is 456 g/mol. The predicted octanol–water partition coefficient (Wildman–Crippen LogP) is 4.48. The second kappa shape index (κ2) is 9.11. The fourth-order valence-electron chi connectivity index (χ4n) is 4.45. The minimum Gasteiger partial charge on any atom is -0.376 e. The van der Waals surface area contributed by atoms with Crippen molar-refractivity contribution in [3.63, 3.8) is 0 Å². The Bertz CT molecular complexity index is 1250. The van der Waals surface area contributed by atoms with Crippen LogP contribution in [-0.2, 0) is 4.74 Å². The normalized spacial score (nSPS) is 17.1. The van der Waals surface area contributed by atoms with Gasteiger partial charge in [0.2, 0.25) is 0 Å². The molecule has 3 amide bonds. The molecule has 1 saturated heterocycles. The number of ether oxygens (including phenoxy) is 1. The summed E-state index contributed by atoms with van der Waals surface area (Å²) >= 11 is 0. The first kappa shape index (κ1) is 21.9. The number of imide groups is 1. The molecule has 0 bridgehead atoms. The Morgan fingerprint density at radius 2 is 1.74 bits per heavy atom. The maximum Gasteiger partial charge on any atom is 0.261 e. The van der Waals surface area contributed by atoms with E-state index in [0.29, 0.717) is 23.4 Å². The van der Waals surface area contributed by atoms with E-state index in [2.05, 4.69) is 5.32 Å². The van der Waals surface area contributed by atoms with Gasteiger partial charge in [0.05, 0.1) is 35.2 Å². The van der Waals surface area contributed by atoms with Gasteiger partial charge in [-0.2, -0.15) is 0 Å². The maximum atomic E-state index is 13.1. The van der Waals surface area contributed by atoms with E-state index in [0.717, 1.165) is 24.2 Å². The van der Waals surface area contributed by atoms with E-state index in [1.54, 1.807) is 12.1 Å². The number of hydrogen-bond acceptors (Lipinski definition) is 5. The first-order valence-electron chi connectivity index (χ1n) is 11.3. The number of benzene rings is 3. The summed E-state index contributed by atoms with van der Waals surface area (Å²) < 4.78 is 5.59. The Kier molecular flexibility index (Phi) is 5.86. The first-order chi connectivity index (χ1) is 16.5. The Morgan fingerprint density at radius 3 is 2.50 bits per heavy atom. The van der Waals surface area contributed by atoms with Crippen molar-refractivity contribution < 1.29 is 19.1 Å². The average Bonchev–Trinajstić information content (AvgIpc) is 3.47. The highest BCUT2D eigenvalue weighted by Crippen LogP contribution is 2.31. The highest BCUT2D eigenvalue weighted by molar-refractivity contribution is 6.22. The molecule has 0 aromatic heterocycles. The molecule has 2 heterocycles. The minimum absolute atomic E-state index is 0.122. The molecule has 3 aromatic rings. The van der Waals surface area contributed by atoms with Crippen molar-refractivity contribution in [2.75, 3.05) is 30.4 Å². The van der Waals surface area contributed by atoms with Crippen molar-refractivity contribution in [2.45, 2.75) is 18.9 Å². The van der Waals surface area contributed by atoms with Crippen LogP contribution in [0.3, 0.4) is 0 Å². The lowest BCUT2D eigenvalue weighted by molar-refractivity contribution is 0.0475. The molecule has 0 spiro atoms. The molecule has 3 aromatic carbocycles. The van der Waals surface area contributed by atoms with Crippen LogP contribution < -0.4 is 10.2 Å². The zero-order valence-electron chi connectivity index (χ0n) is 18.9. The molecule has 34 heavy (non-hydrogen) atoms. The van der Waals surface area contributed by atoms with E-state index in [1.165, 1.54) is 11.0 Å². The number of anilines is 3. The topological polar surface area (TPSA) is 79.0 Å². The quantitative estimate of drug-likeness (QED) is 0.555. The van der Waals surface area contributed by atoms with Crippen LogP contribution in [0, 0.1) is 0 Å². The third-order valence-electron chi connectivity index (χ3n) is 6.30. The van der Waals surface area contributed by atoms with Crippen molar-refractivity contribution in [1.29, 1.82) is 0 Å². The van der Waals surface area contributed by atoms with Crippen LogP contribution in [0.4, 0.5) is 17.1 Å². The lowest BCUT2D eigenvalue weighted by atomic mass is 10.1. The standard InChI is InChI=1S/C27H25N3O4/c1-29(19-8-3-2-4-9-19)24-12-6-5-11-23(24)28-25(31)18-13-14-21-22(16-18)27(33)30(26(21)32)17-20-10-7-15-34-20/h2-6,8-9,11-14,16,20H,7,10,15,17H2,1H3,(H,28,31). The van der Waals surface area contributed by atoms with Crippen LogP contribution in [0.25, 0.3) is 0 Å². The molecule has 0 radical (unpaired) electrons. The molecule has 2 aliphatic rings. The molecule has 0 aliphatic carbocycles. The van der Waals surface area contributed by atoms with Crippen LogP contribution in [0.5, 0.6) is 0 Å². The Morgan fingerprint density at radius 1 is 1.00 bits per heavy atom. The lowest BCUT2D eigenvalue weighted by Crippen LogP contribution is -2.36. The number of rotatable bonds is 6. The third-order valence-corrected chi connectivity index (χ3v) is 6.30. The fourth-order valence-corrected chi connectivity index (χ4v) is 4.45. The van der Waals surface area contributed by atoms with Crippen LogP contribution in [0.2, 0.25) is 0 Å². The summed E-state index contributed by atoms with van der Waals surface area (Å²) in [5, 5.41) is 2.95. The monoisotopic (exact) mass is 455 g/mol. The van der Waals surface area contributed by atoms with Gasteiger partial charge in [-0.25, -0.2) is 0 Å². The lowest BCUT2D eigenvalue weighted by Gasteiger charge is -2.22. The van der Waals surface area contributed by atoms with E-state index in [1.807, 2.05) is 66.5 Å². The molecular formula is C27H25N3O4. The Hall–Kier alpha value is -3.97. The number of carbonyl (C=O) groups excluding carboxylic acids is 3. The second-order valence-corrected chi connectivity index (χ2v) is 8.48. The van der Waals surface area contributed by atoms with Crippen molar-refractivity contribution in [3.8, 4) is 0 Å². The smallest absolute Gasteiger partial charge is 0.261 e. The molecule has 1 atom stereocenters. The van der Waals surface area contributed by atoms with E-state index in [4.69, 9.17) is 4.74 Å². The summed E-state index contributed by atoms with van der Waals surface area (Å²) in [7, 11) is 1.93. The summed E-state index contributed by atoms with van der Waals surface area (Å²) in [5.74, 6) is -1.07. The molecule has 0 saturated carbocycles. The van der Waals surface area contributed by atoms with Crippen LogP contribution in [0.1, 0.15) is 43.9 Å². The van der Waals surface area contributed by atoms with Crippen molar-refractivity contribution in [1.82, 2.24) is 4.90 Å². The number of carbonyl (C=O) groups is 3. The second-order valence-electron chi connectivity index (χ2n) is 8.48. The zero-order valence-corrected chi connectivity index (χ0v) is 18.9. The van der Waals surface area contributed by atoms with Gasteiger partial charge in [-0.3, -0.25) is 19.3 Å². The first-order valence-corrected chi connectivity index (χ1v) is 11.3. The summed E-state index contributed by atoms with van der Waals surface area (Å²) in [6, 6.07) is 22.0. The molecular weight excluding hydrogens is 430 g/mol. The highest BCUT2D eigenvalue weighted by atomic mass is 16.5. The molecule has 7 heteroatoms. The summed E-state index contributed by atoms with van der Waals surface area (Å²) in [6.45, 7) is 0.895. The largest absolute Gasteiger partial charge is 0.376 e. The minimum atomic E-state index is -0.380. The van der Waals surface area contributed by atoms with Crippen LogP contribution in [0.15, 0.2) is 72.8 Å². The van der Waals surface area contributed by atoms with Gasteiger partial charge in [0.15, 0.2) is 0 Å². The van der Waals surface area contributed by atoms with Gasteiger partial charge in [0.25, 0.3) is 17.7 Å². The molecule has 7 nitrogen and oxygen atoms in total. The fraction of sp³-hybridized carbons (Fsp3) is 0.222. The van der Waals surface area contributed by atoms with Gasteiger partial charge in [-0.05, 0) is 55.3 Å². The molecule has 5 rings (SSSR count). The number of hydrogen-bond donors (Lipinski definition) is 1. The van der Waals surface area contributed by atoms with E-state index < -0.39 is 0 Å². The van der Waals surface area contributed by atoms with Crippen molar-refractivity contribution >= 4 is 34.8 Å². The summed E-state index contributed by atoms with van der Waals surface area (Å²) in [4.78, 5) is 42.0. The molecule has 2 aliphatic heterocycles. The Balaban J connectivity index is 1.36. The van der Waals surface area contributed by atoms with Crippen LogP contribution >= 0.6 is 0 Å².